The summed E-state index contributed by atoms with van der Waals surface area (Å²) >= 11 is 0. The maximum atomic E-state index is 10.4. The topological polar surface area (TPSA) is 46.2 Å². The SMILES string of the molecule is Cc1cc(C)c2c(c1)C(O)(CN)CC2C. The molecule has 0 saturated heterocycles. The summed E-state index contributed by atoms with van der Waals surface area (Å²) < 4.78 is 0. The van der Waals surface area contributed by atoms with Gasteiger partial charge in [-0.2, -0.15) is 0 Å². The summed E-state index contributed by atoms with van der Waals surface area (Å²) in [6, 6.07) is 4.26. The molecule has 2 atom stereocenters. The van der Waals surface area contributed by atoms with E-state index in [9.17, 15) is 5.11 Å². The minimum Gasteiger partial charge on any atom is -0.384 e. The number of hydrogen-bond donors (Lipinski definition) is 2. The van der Waals surface area contributed by atoms with E-state index in [2.05, 4.69) is 32.9 Å². The lowest BCUT2D eigenvalue weighted by molar-refractivity contribution is 0.0439. The molecule has 1 aliphatic carbocycles. The Kier molecular flexibility index (Phi) is 2.36. The van der Waals surface area contributed by atoms with E-state index < -0.39 is 5.60 Å². The molecule has 2 heteroatoms. The summed E-state index contributed by atoms with van der Waals surface area (Å²) in [7, 11) is 0. The van der Waals surface area contributed by atoms with Gasteiger partial charge in [-0.05, 0) is 42.9 Å². The van der Waals surface area contributed by atoms with E-state index in [1.807, 2.05) is 0 Å². The second kappa shape index (κ2) is 3.32. The molecule has 1 aromatic rings. The van der Waals surface area contributed by atoms with Crippen LogP contribution in [-0.4, -0.2) is 11.7 Å². The normalized spacial score (nSPS) is 29.3. The predicted octanol–water partition coefficient (Wildman–Crippen LogP) is 1.96. The second-order valence-corrected chi connectivity index (χ2v) is 4.88. The van der Waals surface area contributed by atoms with Crippen LogP contribution in [-0.2, 0) is 5.60 Å². The standard InChI is InChI=1S/C13H19NO/c1-8-4-9(2)12-10(3)6-13(15,7-14)11(12)5-8/h4-5,10,15H,6-7,14H2,1-3H3. The molecule has 2 nitrogen and oxygen atoms in total. The van der Waals surface area contributed by atoms with Gasteiger partial charge < -0.3 is 10.8 Å². The van der Waals surface area contributed by atoms with Crippen molar-refractivity contribution in [2.45, 2.75) is 38.7 Å². The Hall–Kier alpha value is -0.860. The van der Waals surface area contributed by atoms with Crippen molar-refractivity contribution in [1.29, 1.82) is 0 Å². The third kappa shape index (κ3) is 1.48. The summed E-state index contributed by atoms with van der Waals surface area (Å²) in [5.41, 5.74) is 9.73. The Morgan fingerprint density at radius 2 is 2.13 bits per heavy atom. The molecule has 0 radical (unpaired) electrons. The van der Waals surface area contributed by atoms with Gasteiger partial charge in [-0.25, -0.2) is 0 Å². The molecule has 82 valence electrons. The Morgan fingerprint density at radius 3 is 2.73 bits per heavy atom. The first-order valence-corrected chi connectivity index (χ1v) is 5.52. The number of aliphatic hydroxyl groups is 1. The average molecular weight is 205 g/mol. The smallest absolute Gasteiger partial charge is 0.103 e. The van der Waals surface area contributed by atoms with Crippen molar-refractivity contribution in [3.8, 4) is 0 Å². The van der Waals surface area contributed by atoms with Gasteiger partial charge >= 0.3 is 0 Å². The van der Waals surface area contributed by atoms with E-state index in [4.69, 9.17) is 5.73 Å². The lowest BCUT2D eigenvalue weighted by Crippen LogP contribution is -2.32. The molecule has 0 spiro atoms. The molecule has 0 aliphatic heterocycles. The number of fused-ring (bicyclic) bond motifs is 1. The Balaban J connectivity index is 2.65. The number of rotatable bonds is 1. The lowest BCUT2D eigenvalue weighted by Gasteiger charge is -2.22. The largest absolute Gasteiger partial charge is 0.384 e. The fourth-order valence-corrected chi connectivity index (χ4v) is 2.93. The number of hydrogen-bond acceptors (Lipinski definition) is 2. The van der Waals surface area contributed by atoms with Crippen molar-refractivity contribution >= 4 is 0 Å². The molecule has 0 saturated carbocycles. The molecule has 1 aliphatic rings. The van der Waals surface area contributed by atoms with Gasteiger partial charge in [0.15, 0.2) is 0 Å². The number of nitrogens with two attached hydrogens (primary N) is 1. The van der Waals surface area contributed by atoms with Gasteiger partial charge in [0.05, 0.1) is 0 Å². The van der Waals surface area contributed by atoms with Crippen molar-refractivity contribution in [3.63, 3.8) is 0 Å². The fourth-order valence-electron chi connectivity index (χ4n) is 2.93. The molecule has 3 N–H and O–H groups in total. The highest BCUT2D eigenvalue weighted by molar-refractivity contribution is 5.47. The Labute approximate surface area is 91.1 Å². The first kappa shape index (κ1) is 10.7. The van der Waals surface area contributed by atoms with Crippen molar-refractivity contribution in [2.75, 3.05) is 6.54 Å². The molecular weight excluding hydrogens is 186 g/mol. The van der Waals surface area contributed by atoms with Crippen molar-refractivity contribution in [2.24, 2.45) is 5.73 Å². The van der Waals surface area contributed by atoms with Gasteiger partial charge in [-0.15, -0.1) is 0 Å². The molecule has 2 unspecified atom stereocenters. The molecule has 0 bridgehead atoms. The quantitative estimate of drug-likeness (QED) is 0.736. The van der Waals surface area contributed by atoms with E-state index in [0.29, 0.717) is 12.5 Å². The maximum absolute atomic E-state index is 10.4. The van der Waals surface area contributed by atoms with Gasteiger partial charge in [0.25, 0.3) is 0 Å². The zero-order chi connectivity index (χ0) is 11.2. The monoisotopic (exact) mass is 205 g/mol. The zero-order valence-corrected chi connectivity index (χ0v) is 9.67. The summed E-state index contributed by atoms with van der Waals surface area (Å²) in [6.45, 7) is 6.65. The van der Waals surface area contributed by atoms with Crippen LogP contribution >= 0.6 is 0 Å². The lowest BCUT2D eigenvalue weighted by atomic mass is 9.93. The minimum atomic E-state index is -0.800. The van der Waals surface area contributed by atoms with Crippen molar-refractivity contribution in [3.05, 3.63) is 34.4 Å². The van der Waals surface area contributed by atoms with Crippen LogP contribution in [0.3, 0.4) is 0 Å². The van der Waals surface area contributed by atoms with E-state index in [-0.39, 0.29) is 0 Å². The van der Waals surface area contributed by atoms with Crippen LogP contribution in [0.2, 0.25) is 0 Å². The maximum Gasteiger partial charge on any atom is 0.103 e. The summed E-state index contributed by atoms with van der Waals surface area (Å²) in [4.78, 5) is 0. The summed E-state index contributed by atoms with van der Waals surface area (Å²) in [5.74, 6) is 0.411. The van der Waals surface area contributed by atoms with E-state index in [1.54, 1.807) is 0 Å². The van der Waals surface area contributed by atoms with Gasteiger partial charge in [-0.1, -0.05) is 24.6 Å². The fraction of sp³-hybridized carbons (Fsp3) is 0.538. The summed E-state index contributed by atoms with van der Waals surface area (Å²) in [5, 5.41) is 10.4. The Bertz CT molecular complexity index is 400. The van der Waals surface area contributed by atoms with Crippen LogP contribution in [0.4, 0.5) is 0 Å². The molecule has 1 aromatic carbocycles. The van der Waals surface area contributed by atoms with Gasteiger partial charge in [0, 0.05) is 6.54 Å². The summed E-state index contributed by atoms with van der Waals surface area (Å²) in [6.07, 6.45) is 0.753. The second-order valence-electron chi connectivity index (χ2n) is 4.88. The van der Waals surface area contributed by atoms with Gasteiger partial charge in [0.1, 0.15) is 5.60 Å². The van der Waals surface area contributed by atoms with Crippen LogP contribution in [0.25, 0.3) is 0 Å². The molecule has 15 heavy (non-hydrogen) atoms. The van der Waals surface area contributed by atoms with E-state index in [1.165, 1.54) is 16.7 Å². The average Bonchev–Trinajstić information content (AvgIpc) is 2.39. The van der Waals surface area contributed by atoms with Crippen LogP contribution in [0, 0.1) is 13.8 Å². The molecule has 0 heterocycles. The van der Waals surface area contributed by atoms with Crippen molar-refractivity contribution in [1.82, 2.24) is 0 Å². The van der Waals surface area contributed by atoms with Crippen LogP contribution in [0.5, 0.6) is 0 Å². The van der Waals surface area contributed by atoms with Crippen molar-refractivity contribution < 1.29 is 5.11 Å². The Morgan fingerprint density at radius 1 is 1.47 bits per heavy atom. The first-order chi connectivity index (χ1) is 6.98. The van der Waals surface area contributed by atoms with Crippen LogP contribution in [0.15, 0.2) is 12.1 Å². The third-order valence-electron chi connectivity index (χ3n) is 3.51. The van der Waals surface area contributed by atoms with Crippen LogP contribution < -0.4 is 5.73 Å². The highest BCUT2D eigenvalue weighted by Gasteiger charge is 2.40. The number of aryl methyl sites for hydroxylation is 2. The third-order valence-corrected chi connectivity index (χ3v) is 3.51. The van der Waals surface area contributed by atoms with E-state index >= 15 is 0 Å². The van der Waals surface area contributed by atoms with Gasteiger partial charge in [0.2, 0.25) is 0 Å². The first-order valence-electron chi connectivity index (χ1n) is 5.52. The molecular formula is C13H19NO. The van der Waals surface area contributed by atoms with Crippen LogP contribution in [0.1, 0.15) is 41.5 Å². The highest BCUT2D eigenvalue weighted by atomic mass is 16.3. The highest BCUT2D eigenvalue weighted by Crippen LogP contribution is 2.45. The van der Waals surface area contributed by atoms with Gasteiger partial charge in [-0.3, -0.25) is 0 Å². The predicted molar refractivity (Wildman–Crippen MR) is 61.9 cm³/mol. The number of benzene rings is 1. The molecule has 0 fully saturated rings. The zero-order valence-electron chi connectivity index (χ0n) is 9.67. The molecule has 0 aromatic heterocycles. The molecule has 2 rings (SSSR count). The van der Waals surface area contributed by atoms with E-state index in [0.717, 1.165) is 12.0 Å². The minimum absolute atomic E-state index is 0.313. The molecule has 0 amide bonds.